The van der Waals surface area contributed by atoms with Crippen molar-refractivity contribution in [1.29, 1.82) is 0 Å². The van der Waals surface area contributed by atoms with Crippen LogP contribution in [0.4, 0.5) is 0 Å². The number of nitrogens with one attached hydrogen (secondary N) is 4. The third kappa shape index (κ3) is 14.7. The highest BCUT2D eigenvalue weighted by molar-refractivity contribution is 5.95. The molecule has 328 valence electrons. The molecule has 2 aliphatic heterocycles. The lowest BCUT2D eigenvalue weighted by Gasteiger charge is -2.57. The molecule has 0 saturated carbocycles. The summed E-state index contributed by atoms with van der Waals surface area (Å²) in [5.74, 6) is -4.89. The molecule has 2 aliphatic rings. The molecule has 0 aliphatic carbocycles. The molecular formula is C43H62N8O9. The highest BCUT2D eigenvalue weighted by Gasteiger charge is 2.50. The Hall–Kier alpha value is -5.39. The van der Waals surface area contributed by atoms with E-state index < -0.39 is 79.4 Å². The first kappa shape index (κ1) is 47.3. The predicted molar refractivity (Wildman–Crippen MR) is 223 cm³/mol. The van der Waals surface area contributed by atoms with Gasteiger partial charge >= 0.3 is 11.9 Å². The van der Waals surface area contributed by atoms with Crippen LogP contribution in [0.5, 0.6) is 0 Å². The fourth-order valence-corrected chi connectivity index (χ4v) is 7.77. The van der Waals surface area contributed by atoms with Gasteiger partial charge in [0.1, 0.15) is 18.1 Å². The van der Waals surface area contributed by atoms with E-state index in [-0.39, 0.29) is 56.3 Å². The number of carboxylic acid groups (broad SMARTS) is 2. The van der Waals surface area contributed by atoms with Gasteiger partial charge in [0.15, 0.2) is 0 Å². The zero-order chi connectivity index (χ0) is 43.8. The minimum absolute atomic E-state index is 0.0306. The van der Waals surface area contributed by atoms with Crippen molar-refractivity contribution in [2.75, 3.05) is 45.8 Å². The van der Waals surface area contributed by atoms with Crippen LogP contribution in [0, 0.1) is 5.92 Å². The number of amides is 5. The Morgan fingerprint density at radius 2 is 1.27 bits per heavy atom. The van der Waals surface area contributed by atoms with E-state index >= 15 is 0 Å². The number of carbonyl (C=O) groups excluding carboxylic acids is 5. The topological polar surface area (TPSA) is 244 Å². The number of likely N-dealkylation sites (tertiary alicyclic amines) is 2. The fraction of sp³-hybridized carbons (Fsp3) is 0.558. The van der Waals surface area contributed by atoms with Crippen molar-refractivity contribution in [3.8, 4) is 0 Å². The molecule has 2 aromatic rings. The van der Waals surface area contributed by atoms with E-state index in [4.69, 9.17) is 5.73 Å². The quantitative estimate of drug-likeness (QED) is 0.0671. The zero-order valence-electron chi connectivity index (χ0n) is 34.9. The summed E-state index contributed by atoms with van der Waals surface area (Å²) in [7, 11) is 0. The maximum absolute atomic E-state index is 14.3. The molecule has 0 spiro atoms. The maximum Gasteiger partial charge on any atom is 0.317 e. The lowest BCUT2D eigenvalue weighted by Crippen LogP contribution is -2.73. The summed E-state index contributed by atoms with van der Waals surface area (Å²) < 4.78 is 0. The van der Waals surface area contributed by atoms with Gasteiger partial charge in [-0.3, -0.25) is 38.5 Å². The van der Waals surface area contributed by atoms with Gasteiger partial charge in [0.2, 0.25) is 29.5 Å². The number of nitrogens with two attached hydrogens (primary N) is 1. The Labute approximate surface area is 351 Å². The van der Waals surface area contributed by atoms with E-state index in [9.17, 15) is 43.8 Å². The SMILES string of the molecule is CCNCCCCC(NC(=O)C(CC(C)C)NC(=O)C(Cc1ccccc1)NC(=O)C(N)Cc1ccccc1)C(=O)N1C2CC1CN(C(=O)CN(CC(=O)O)CC(=O)O)C2. The van der Waals surface area contributed by atoms with Gasteiger partial charge in [-0.25, -0.2) is 0 Å². The van der Waals surface area contributed by atoms with Crippen LogP contribution >= 0.6 is 0 Å². The maximum atomic E-state index is 14.3. The lowest BCUT2D eigenvalue weighted by atomic mass is 9.86. The molecular weight excluding hydrogens is 773 g/mol. The van der Waals surface area contributed by atoms with Crippen molar-refractivity contribution in [2.45, 2.75) is 102 Å². The third-order valence-corrected chi connectivity index (χ3v) is 10.7. The number of piperidine rings is 1. The van der Waals surface area contributed by atoms with E-state index in [2.05, 4.69) is 21.3 Å². The van der Waals surface area contributed by atoms with Gasteiger partial charge in [0, 0.05) is 19.5 Å². The Bertz CT molecular complexity index is 1740. The monoisotopic (exact) mass is 834 g/mol. The van der Waals surface area contributed by atoms with Crippen LogP contribution in [0.2, 0.25) is 0 Å². The first-order valence-electron chi connectivity index (χ1n) is 20.9. The molecule has 2 fully saturated rings. The second-order valence-corrected chi connectivity index (χ2v) is 16.2. The van der Waals surface area contributed by atoms with Gasteiger partial charge in [0.25, 0.3) is 0 Å². The smallest absolute Gasteiger partial charge is 0.317 e. The molecule has 6 atom stereocenters. The second-order valence-electron chi connectivity index (χ2n) is 16.2. The average molecular weight is 835 g/mol. The minimum Gasteiger partial charge on any atom is -0.480 e. The van der Waals surface area contributed by atoms with Crippen LogP contribution in [-0.4, -0.2) is 148 Å². The number of aliphatic carboxylic acids is 2. The third-order valence-electron chi connectivity index (χ3n) is 10.7. The number of hydrogen-bond donors (Lipinski definition) is 7. The van der Waals surface area contributed by atoms with Crippen molar-refractivity contribution in [2.24, 2.45) is 11.7 Å². The van der Waals surface area contributed by atoms with E-state index in [1.807, 2.05) is 81.4 Å². The number of nitrogens with zero attached hydrogens (tertiary/aromatic N) is 3. The van der Waals surface area contributed by atoms with E-state index in [0.717, 1.165) is 35.5 Å². The number of unbranched alkanes of at least 4 members (excludes halogenated alkanes) is 1. The van der Waals surface area contributed by atoms with Crippen molar-refractivity contribution in [3.63, 3.8) is 0 Å². The highest BCUT2D eigenvalue weighted by atomic mass is 16.4. The van der Waals surface area contributed by atoms with Crippen LogP contribution < -0.4 is 27.0 Å². The summed E-state index contributed by atoms with van der Waals surface area (Å²) in [6, 6.07) is 13.9. The lowest BCUT2D eigenvalue weighted by molar-refractivity contribution is -0.164. The molecule has 17 nitrogen and oxygen atoms in total. The summed E-state index contributed by atoms with van der Waals surface area (Å²) >= 11 is 0. The number of fused-ring (bicyclic) bond motifs is 2. The van der Waals surface area contributed by atoms with Crippen molar-refractivity contribution in [1.82, 2.24) is 36.0 Å². The average Bonchev–Trinajstić information content (AvgIpc) is 3.19. The van der Waals surface area contributed by atoms with Crippen molar-refractivity contribution >= 4 is 41.5 Å². The zero-order valence-corrected chi connectivity index (χ0v) is 34.9. The molecule has 6 unspecified atom stereocenters. The van der Waals surface area contributed by atoms with Crippen LogP contribution in [-0.2, 0) is 46.4 Å². The molecule has 2 heterocycles. The van der Waals surface area contributed by atoms with Gasteiger partial charge in [-0.2, -0.15) is 0 Å². The van der Waals surface area contributed by atoms with Crippen molar-refractivity contribution < 1.29 is 43.8 Å². The van der Waals surface area contributed by atoms with Crippen LogP contribution in [0.3, 0.4) is 0 Å². The van der Waals surface area contributed by atoms with E-state index in [0.29, 0.717) is 19.3 Å². The predicted octanol–water partition coefficient (Wildman–Crippen LogP) is 0.362. The van der Waals surface area contributed by atoms with Gasteiger partial charge in [0.05, 0.1) is 37.8 Å². The Balaban J connectivity index is 1.47. The normalized spacial score (nSPS) is 17.8. The fourth-order valence-electron chi connectivity index (χ4n) is 7.77. The molecule has 5 amide bonds. The van der Waals surface area contributed by atoms with Crippen LogP contribution in [0.25, 0.3) is 0 Å². The van der Waals surface area contributed by atoms with Crippen molar-refractivity contribution in [3.05, 3.63) is 71.8 Å². The number of carboxylic acids is 2. The van der Waals surface area contributed by atoms with Gasteiger partial charge in [-0.05, 0) is 68.7 Å². The Morgan fingerprint density at radius 3 is 1.82 bits per heavy atom. The molecule has 8 N–H and O–H groups in total. The highest BCUT2D eigenvalue weighted by Crippen LogP contribution is 2.33. The Morgan fingerprint density at radius 1 is 0.733 bits per heavy atom. The summed E-state index contributed by atoms with van der Waals surface area (Å²) in [5.41, 5.74) is 7.96. The molecule has 17 heteroatoms. The number of carbonyl (C=O) groups is 7. The number of benzene rings is 2. The Kier molecular flexibility index (Phi) is 18.5. The standard InChI is InChI=1S/C43H62N8O9/c1-4-45-18-12-11-17-34(43(60)51-31-22-32(51)24-50(23-31)37(52)25-49(26-38(53)54)27-39(55)56)46-41(58)35(19-28(2)3)48-42(59)36(21-30-15-9-6-10-16-30)47-40(57)33(44)20-29-13-7-5-8-14-29/h5-10,13-16,28,31-36,45H,4,11-12,17-27,44H2,1-3H3,(H,46,58)(H,47,57)(H,48,59)(H,53,54)(H,55,56). The van der Waals surface area contributed by atoms with Crippen LogP contribution in [0.15, 0.2) is 60.7 Å². The first-order chi connectivity index (χ1) is 28.6. The summed E-state index contributed by atoms with van der Waals surface area (Å²) in [6.45, 7) is 6.11. The number of piperazine rings is 1. The van der Waals surface area contributed by atoms with E-state index in [1.54, 1.807) is 4.90 Å². The van der Waals surface area contributed by atoms with Gasteiger partial charge in [-0.1, -0.05) is 81.4 Å². The molecule has 0 aromatic heterocycles. The van der Waals surface area contributed by atoms with Crippen LogP contribution in [0.1, 0.15) is 64.0 Å². The molecule has 4 rings (SSSR count). The number of hydrogen-bond acceptors (Lipinski definition) is 10. The molecule has 0 radical (unpaired) electrons. The second kappa shape index (κ2) is 23.4. The molecule has 60 heavy (non-hydrogen) atoms. The summed E-state index contributed by atoms with van der Waals surface area (Å²) in [6.07, 6.45) is 3.02. The molecule has 2 bridgehead atoms. The summed E-state index contributed by atoms with van der Waals surface area (Å²) in [5, 5.41) is 30.3. The van der Waals surface area contributed by atoms with Gasteiger partial charge < -0.3 is 47.0 Å². The summed E-state index contributed by atoms with van der Waals surface area (Å²) in [4.78, 5) is 95.9. The largest absolute Gasteiger partial charge is 0.480 e. The number of rotatable bonds is 25. The van der Waals surface area contributed by atoms with Gasteiger partial charge in [-0.15, -0.1) is 0 Å². The first-order valence-corrected chi connectivity index (χ1v) is 20.9. The molecule has 2 saturated heterocycles. The molecule has 2 aromatic carbocycles. The van der Waals surface area contributed by atoms with E-state index in [1.165, 1.54) is 4.90 Å². The minimum atomic E-state index is -1.26.